The maximum atomic E-state index is 5.47. The van der Waals surface area contributed by atoms with Gasteiger partial charge in [-0.1, -0.05) is 19.9 Å². The number of nitrogens with two attached hydrogens (primary N) is 1. The van der Waals surface area contributed by atoms with Crippen LogP contribution < -0.4 is 11.3 Å². The van der Waals surface area contributed by atoms with Crippen LogP contribution in [0.15, 0.2) is 29.4 Å². The molecule has 0 fully saturated rings. The topological polar surface area (TPSA) is 66.5 Å². The van der Waals surface area contributed by atoms with Crippen LogP contribution in [0.25, 0.3) is 0 Å². The van der Waals surface area contributed by atoms with Crippen molar-refractivity contribution in [3.63, 3.8) is 0 Å². The second-order valence-corrected chi connectivity index (χ2v) is 4.38. The summed E-state index contributed by atoms with van der Waals surface area (Å²) >= 11 is 0. The van der Waals surface area contributed by atoms with Crippen molar-refractivity contribution < 1.29 is 0 Å². The monoisotopic (exact) mass is 235 g/mol. The minimum atomic E-state index is 0.515. The first-order chi connectivity index (χ1) is 8.13. The van der Waals surface area contributed by atoms with E-state index < -0.39 is 0 Å². The maximum absolute atomic E-state index is 5.47. The number of hydrazine groups is 1. The Labute approximate surface area is 103 Å². The first kappa shape index (κ1) is 13.4. The molecular weight excluding hydrogens is 214 g/mol. The number of aliphatic imine (C=N–C) groups is 1. The van der Waals surface area contributed by atoms with E-state index in [-0.39, 0.29) is 0 Å². The molecule has 1 rings (SSSR count). The number of nitrogens with one attached hydrogen (secondary N) is 1. The SMILES string of the molecule is CC(C)CN=C(NN)N(C)Cc1ccccn1. The smallest absolute Gasteiger partial charge is 0.208 e. The molecule has 0 atom stereocenters. The summed E-state index contributed by atoms with van der Waals surface area (Å²) in [5.41, 5.74) is 3.61. The first-order valence-corrected chi connectivity index (χ1v) is 5.75. The molecule has 3 N–H and O–H groups in total. The fourth-order valence-electron chi connectivity index (χ4n) is 1.36. The minimum absolute atomic E-state index is 0.515. The Morgan fingerprint density at radius 3 is 2.82 bits per heavy atom. The third-order valence-electron chi connectivity index (χ3n) is 2.22. The van der Waals surface area contributed by atoms with Crippen LogP contribution in [-0.2, 0) is 6.54 Å². The van der Waals surface area contributed by atoms with Crippen molar-refractivity contribution in [3.8, 4) is 0 Å². The normalized spacial score (nSPS) is 11.7. The summed E-state index contributed by atoms with van der Waals surface area (Å²) < 4.78 is 0. The molecule has 1 heterocycles. The number of rotatable bonds is 4. The molecule has 5 nitrogen and oxygen atoms in total. The molecule has 0 amide bonds. The van der Waals surface area contributed by atoms with Gasteiger partial charge in [0.1, 0.15) is 0 Å². The summed E-state index contributed by atoms with van der Waals surface area (Å²) in [6.45, 7) is 5.68. The molecule has 0 aliphatic rings. The molecule has 0 aliphatic heterocycles. The lowest BCUT2D eigenvalue weighted by Gasteiger charge is -2.20. The van der Waals surface area contributed by atoms with E-state index in [0.29, 0.717) is 18.4 Å². The predicted octanol–water partition coefficient (Wildman–Crippen LogP) is 0.989. The number of guanidine groups is 1. The van der Waals surface area contributed by atoms with E-state index in [0.717, 1.165) is 12.2 Å². The van der Waals surface area contributed by atoms with Crippen molar-refractivity contribution in [2.45, 2.75) is 20.4 Å². The van der Waals surface area contributed by atoms with Gasteiger partial charge in [0.2, 0.25) is 5.96 Å². The number of nitrogens with zero attached hydrogens (tertiary/aromatic N) is 3. The van der Waals surface area contributed by atoms with Gasteiger partial charge in [-0.2, -0.15) is 0 Å². The summed E-state index contributed by atoms with van der Waals surface area (Å²) in [5, 5.41) is 0. The predicted molar refractivity (Wildman–Crippen MR) is 70.2 cm³/mol. The average Bonchev–Trinajstić information content (AvgIpc) is 2.30. The molecule has 0 aliphatic carbocycles. The Bertz CT molecular complexity index is 347. The number of aromatic nitrogens is 1. The third kappa shape index (κ3) is 4.82. The largest absolute Gasteiger partial charge is 0.339 e. The van der Waals surface area contributed by atoms with E-state index in [2.05, 4.69) is 29.2 Å². The van der Waals surface area contributed by atoms with Gasteiger partial charge in [-0.25, -0.2) is 5.84 Å². The van der Waals surface area contributed by atoms with Crippen molar-refractivity contribution in [3.05, 3.63) is 30.1 Å². The van der Waals surface area contributed by atoms with Gasteiger partial charge in [0.15, 0.2) is 0 Å². The lowest BCUT2D eigenvalue weighted by molar-refractivity contribution is 0.467. The summed E-state index contributed by atoms with van der Waals surface area (Å²) in [5.74, 6) is 6.67. The lowest BCUT2D eigenvalue weighted by Crippen LogP contribution is -2.42. The van der Waals surface area contributed by atoms with Crippen LogP contribution in [0.5, 0.6) is 0 Å². The van der Waals surface area contributed by atoms with Gasteiger partial charge in [-0.05, 0) is 18.1 Å². The third-order valence-corrected chi connectivity index (χ3v) is 2.22. The number of hydrogen-bond acceptors (Lipinski definition) is 3. The van der Waals surface area contributed by atoms with Gasteiger partial charge < -0.3 is 4.90 Å². The molecule has 0 saturated carbocycles. The van der Waals surface area contributed by atoms with E-state index in [1.165, 1.54) is 0 Å². The van der Waals surface area contributed by atoms with E-state index in [1.54, 1.807) is 6.20 Å². The van der Waals surface area contributed by atoms with Gasteiger partial charge in [0.25, 0.3) is 0 Å². The van der Waals surface area contributed by atoms with Crippen LogP contribution >= 0.6 is 0 Å². The molecule has 0 unspecified atom stereocenters. The molecule has 1 aromatic rings. The minimum Gasteiger partial charge on any atom is -0.339 e. The zero-order valence-corrected chi connectivity index (χ0v) is 10.7. The summed E-state index contributed by atoms with van der Waals surface area (Å²) in [6.07, 6.45) is 1.78. The molecule has 0 aromatic carbocycles. The maximum Gasteiger partial charge on any atom is 0.208 e. The van der Waals surface area contributed by atoms with Gasteiger partial charge in [0.05, 0.1) is 12.2 Å². The van der Waals surface area contributed by atoms with E-state index in [4.69, 9.17) is 5.84 Å². The van der Waals surface area contributed by atoms with Crippen LogP contribution in [0.3, 0.4) is 0 Å². The number of pyridine rings is 1. The van der Waals surface area contributed by atoms with Crippen molar-refractivity contribution in [2.24, 2.45) is 16.8 Å². The molecule has 17 heavy (non-hydrogen) atoms. The molecule has 1 aromatic heterocycles. The van der Waals surface area contributed by atoms with Crippen LogP contribution in [0, 0.1) is 5.92 Å². The Hall–Kier alpha value is -1.62. The van der Waals surface area contributed by atoms with Gasteiger partial charge in [0, 0.05) is 19.8 Å². The quantitative estimate of drug-likeness (QED) is 0.353. The van der Waals surface area contributed by atoms with Gasteiger partial charge in [-0.15, -0.1) is 0 Å². The Morgan fingerprint density at radius 2 is 2.29 bits per heavy atom. The van der Waals surface area contributed by atoms with Crippen LogP contribution in [0.4, 0.5) is 0 Å². The Kier molecular flexibility index (Phi) is 5.42. The van der Waals surface area contributed by atoms with Crippen molar-refractivity contribution in [1.29, 1.82) is 0 Å². The Morgan fingerprint density at radius 1 is 1.53 bits per heavy atom. The molecule has 94 valence electrons. The van der Waals surface area contributed by atoms with Crippen LogP contribution in [-0.4, -0.2) is 29.4 Å². The van der Waals surface area contributed by atoms with Crippen molar-refractivity contribution in [1.82, 2.24) is 15.3 Å². The molecule has 0 saturated heterocycles. The zero-order valence-electron chi connectivity index (χ0n) is 10.7. The van der Waals surface area contributed by atoms with E-state index >= 15 is 0 Å². The fraction of sp³-hybridized carbons (Fsp3) is 0.500. The first-order valence-electron chi connectivity index (χ1n) is 5.75. The Balaban J connectivity index is 2.61. The van der Waals surface area contributed by atoms with Gasteiger partial charge in [-0.3, -0.25) is 15.4 Å². The highest BCUT2D eigenvalue weighted by atomic mass is 15.4. The summed E-state index contributed by atoms with van der Waals surface area (Å²) in [7, 11) is 1.94. The highest BCUT2D eigenvalue weighted by molar-refractivity contribution is 5.79. The zero-order chi connectivity index (χ0) is 12.7. The second kappa shape index (κ2) is 6.85. The molecule has 5 heteroatoms. The fourth-order valence-corrected chi connectivity index (χ4v) is 1.36. The van der Waals surface area contributed by atoms with Gasteiger partial charge >= 0.3 is 0 Å². The summed E-state index contributed by atoms with van der Waals surface area (Å²) in [4.78, 5) is 10.6. The highest BCUT2D eigenvalue weighted by Crippen LogP contribution is 2.00. The summed E-state index contributed by atoms with van der Waals surface area (Å²) in [6, 6.07) is 5.85. The van der Waals surface area contributed by atoms with E-state index in [9.17, 15) is 0 Å². The van der Waals surface area contributed by atoms with Crippen molar-refractivity contribution >= 4 is 5.96 Å². The lowest BCUT2D eigenvalue weighted by atomic mass is 10.2. The standard InChI is InChI=1S/C12H21N5/c1-10(2)8-15-12(16-13)17(3)9-11-6-4-5-7-14-11/h4-7,10H,8-9,13H2,1-3H3,(H,15,16). The second-order valence-electron chi connectivity index (χ2n) is 4.38. The average molecular weight is 235 g/mol. The van der Waals surface area contributed by atoms with Crippen LogP contribution in [0.1, 0.15) is 19.5 Å². The number of hydrogen-bond donors (Lipinski definition) is 2. The molecule has 0 bridgehead atoms. The van der Waals surface area contributed by atoms with Crippen molar-refractivity contribution in [2.75, 3.05) is 13.6 Å². The molecule has 0 spiro atoms. The van der Waals surface area contributed by atoms with E-state index in [1.807, 2.05) is 30.1 Å². The molecule has 0 radical (unpaired) electrons. The van der Waals surface area contributed by atoms with Crippen LogP contribution in [0.2, 0.25) is 0 Å². The highest BCUT2D eigenvalue weighted by Gasteiger charge is 2.06. The molecular formula is C12H21N5.